The molecule has 216 valence electrons. The van der Waals surface area contributed by atoms with Crippen molar-refractivity contribution in [3.05, 3.63) is 65.3 Å². The number of ether oxygens (including phenoxy) is 3. The number of anilines is 2. The average molecular weight is 555 g/mol. The van der Waals surface area contributed by atoms with E-state index in [-0.39, 0.29) is 38.5 Å². The first-order valence-electron chi connectivity index (χ1n) is 13.4. The number of carbonyl (C=O) groups is 2. The van der Waals surface area contributed by atoms with Crippen LogP contribution in [0.3, 0.4) is 0 Å². The number of aliphatic hydroxyl groups excluding tert-OH is 1. The molecular formula is C29H38N4O7. The topological polar surface area (TPSA) is 123 Å². The predicted octanol–water partition coefficient (Wildman–Crippen LogP) is 2.23. The number of rotatable bonds is 13. The maximum Gasteiger partial charge on any atom is 0.325 e. The van der Waals surface area contributed by atoms with Gasteiger partial charge in [-0.05, 0) is 25.3 Å². The molecule has 1 saturated heterocycles. The van der Waals surface area contributed by atoms with Crippen molar-refractivity contribution >= 4 is 34.5 Å². The number of hydrogen-bond donors (Lipinski definition) is 1. The number of methoxy groups -OCH3 is 1. The number of nitrogens with zero attached hydrogens (tertiary/aromatic N) is 4. The van der Waals surface area contributed by atoms with Crippen LogP contribution in [-0.4, -0.2) is 86.8 Å². The van der Waals surface area contributed by atoms with Crippen LogP contribution in [0.1, 0.15) is 19.3 Å². The fourth-order valence-electron chi connectivity index (χ4n) is 4.30. The predicted molar refractivity (Wildman–Crippen MR) is 153 cm³/mol. The summed E-state index contributed by atoms with van der Waals surface area (Å²) in [6, 6.07) is 11.3. The van der Waals surface area contributed by atoms with Crippen LogP contribution in [0.15, 0.2) is 59.8 Å². The van der Waals surface area contributed by atoms with Gasteiger partial charge in [-0.15, -0.1) is 0 Å². The molecule has 1 N–H and O–H groups in total. The molecule has 1 fully saturated rings. The summed E-state index contributed by atoms with van der Waals surface area (Å²) in [6.07, 6.45) is 9.98. The molecule has 0 unspecified atom stereocenters. The van der Waals surface area contributed by atoms with Crippen molar-refractivity contribution in [1.82, 2.24) is 9.55 Å². The summed E-state index contributed by atoms with van der Waals surface area (Å²) in [5.41, 5.74) is 1.40. The smallest absolute Gasteiger partial charge is 0.325 e. The second-order valence-corrected chi connectivity index (χ2v) is 9.10. The Hall–Kier alpha value is -3.80. The zero-order valence-electron chi connectivity index (χ0n) is 22.9. The lowest BCUT2D eigenvalue weighted by Gasteiger charge is -2.29. The van der Waals surface area contributed by atoms with E-state index in [9.17, 15) is 14.4 Å². The van der Waals surface area contributed by atoms with Gasteiger partial charge < -0.3 is 33.7 Å². The third-order valence-electron chi connectivity index (χ3n) is 6.38. The molecule has 1 aliphatic heterocycles. The van der Waals surface area contributed by atoms with Crippen molar-refractivity contribution in [3.8, 4) is 0 Å². The minimum atomic E-state index is -0.557. The Morgan fingerprint density at radius 2 is 1.77 bits per heavy atom. The molecule has 0 radical (unpaired) electrons. The van der Waals surface area contributed by atoms with Crippen LogP contribution in [-0.2, 0) is 30.3 Å². The number of aromatic nitrogens is 2. The molecule has 3 aromatic rings. The molecule has 0 spiro atoms. The van der Waals surface area contributed by atoms with E-state index in [1.165, 1.54) is 83.7 Å². The zero-order valence-corrected chi connectivity index (χ0v) is 22.9. The van der Waals surface area contributed by atoms with E-state index < -0.39 is 5.97 Å². The molecule has 11 heteroatoms. The normalized spacial score (nSPS) is 12.9. The van der Waals surface area contributed by atoms with E-state index in [1.54, 1.807) is 0 Å². The van der Waals surface area contributed by atoms with Gasteiger partial charge in [0.1, 0.15) is 6.54 Å². The van der Waals surface area contributed by atoms with Crippen LogP contribution in [0.25, 0.3) is 10.8 Å². The lowest BCUT2D eigenvalue weighted by molar-refractivity contribution is -0.141. The molecule has 1 aromatic carbocycles. The summed E-state index contributed by atoms with van der Waals surface area (Å²) in [6.45, 7) is 3.59. The van der Waals surface area contributed by atoms with Gasteiger partial charge in [0.25, 0.3) is 5.56 Å². The van der Waals surface area contributed by atoms with Crippen LogP contribution in [0.2, 0.25) is 0 Å². The fraction of sp³-hybridized carbons (Fsp3) is 0.448. The first-order chi connectivity index (χ1) is 19.6. The summed E-state index contributed by atoms with van der Waals surface area (Å²) in [7, 11) is 1.23. The van der Waals surface area contributed by atoms with Gasteiger partial charge in [-0.2, -0.15) is 0 Å². The van der Waals surface area contributed by atoms with Crippen molar-refractivity contribution in [2.24, 2.45) is 0 Å². The molecular weight excluding hydrogens is 516 g/mol. The van der Waals surface area contributed by atoms with E-state index in [0.29, 0.717) is 25.3 Å². The second kappa shape index (κ2) is 17.0. The molecule has 1 amide bonds. The first-order valence-corrected chi connectivity index (χ1v) is 13.4. The number of esters is 1. The van der Waals surface area contributed by atoms with Crippen LogP contribution in [0.5, 0.6) is 0 Å². The highest BCUT2D eigenvalue weighted by atomic mass is 16.5. The average Bonchev–Trinajstić information content (AvgIpc) is 3.00. The quantitative estimate of drug-likeness (QED) is 0.192. The maximum absolute atomic E-state index is 11.7. The van der Waals surface area contributed by atoms with Crippen LogP contribution >= 0.6 is 0 Å². The standard InChI is InChI=1S/C15H22N2O7.C14H16N2/c1-22-15(21)11-17-10-13(2-3-14(17)20)16(12-19)4-6-23-8-9-24-7-5-18;1-4-8-16(9-5-1)14-11-15-10-12-6-2-3-7-13(12)14/h2-3,10,12,18H,4-9,11H2,1H3;2-3,6-7,10-11H,1,4-5,8-9H2. The highest BCUT2D eigenvalue weighted by molar-refractivity contribution is 5.93. The Balaban J connectivity index is 0.000000236. The molecule has 40 heavy (non-hydrogen) atoms. The number of aliphatic hydroxyl groups is 1. The highest BCUT2D eigenvalue weighted by Crippen LogP contribution is 2.27. The van der Waals surface area contributed by atoms with E-state index in [0.717, 1.165) is 0 Å². The summed E-state index contributed by atoms with van der Waals surface area (Å²) < 4.78 is 16.1. The number of fused-ring (bicyclic) bond motifs is 1. The largest absolute Gasteiger partial charge is 0.468 e. The molecule has 0 atom stereocenters. The third kappa shape index (κ3) is 9.44. The lowest BCUT2D eigenvalue weighted by Crippen LogP contribution is -2.29. The third-order valence-corrected chi connectivity index (χ3v) is 6.38. The van der Waals surface area contributed by atoms with Crippen molar-refractivity contribution < 1.29 is 28.9 Å². The summed E-state index contributed by atoms with van der Waals surface area (Å²) >= 11 is 0. The first kappa shape index (κ1) is 30.7. The minimum Gasteiger partial charge on any atom is -0.468 e. The van der Waals surface area contributed by atoms with E-state index >= 15 is 0 Å². The van der Waals surface area contributed by atoms with Gasteiger partial charge in [0, 0.05) is 48.9 Å². The Kier molecular flexibility index (Phi) is 13.1. The maximum atomic E-state index is 11.7. The lowest BCUT2D eigenvalue weighted by atomic mass is 10.1. The fourth-order valence-corrected chi connectivity index (χ4v) is 4.30. The number of pyridine rings is 2. The number of piperidine rings is 1. The van der Waals surface area contributed by atoms with Gasteiger partial charge >= 0.3 is 5.97 Å². The summed E-state index contributed by atoms with van der Waals surface area (Å²) in [4.78, 5) is 42.4. The number of amides is 1. The van der Waals surface area contributed by atoms with Gasteiger partial charge in [-0.25, -0.2) is 0 Å². The number of hydrogen-bond acceptors (Lipinski definition) is 9. The van der Waals surface area contributed by atoms with Crippen molar-refractivity contribution in [2.45, 2.75) is 25.8 Å². The number of benzene rings is 1. The van der Waals surface area contributed by atoms with Crippen LogP contribution in [0, 0.1) is 0 Å². The van der Waals surface area contributed by atoms with E-state index in [4.69, 9.17) is 14.6 Å². The zero-order chi connectivity index (χ0) is 28.6. The summed E-state index contributed by atoms with van der Waals surface area (Å²) in [5.74, 6) is -0.557. The Morgan fingerprint density at radius 3 is 2.50 bits per heavy atom. The minimum absolute atomic E-state index is 0.0415. The molecule has 4 rings (SSSR count). The molecule has 11 nitrogen and oxygen atoms in total. The molecule has 2 aromatic heterocycles. The van der Waals surface area contributed by atoms with Crippen LogP contribution in [0.4, 0.5) is 11.4 Å². The van der Waals surface area contributed by atoms with Crippen LogP contribution < -0.4 is 15.4 Å². The molecule has 0 aliphatic carbocycles. The van der Waals surface area contributed by atoms with Gasteiger partial charge in [0.2, 0.25) is 6.41 Å². The Morgan fingerprint density at radius 1 is 1.02 bits per heavy atom. The monoisotopic (exact) mass is 554 g/mol. The Labute approximate surface area is 233 Å². The van der Waals surface area contributed by atoms with Gasteiger partial charge in [-0.1, -0.05) is 24.3 Å². The van der Waals surface area contributed by atoms with Gasteiger partial charge in [0.05, 0.1) is 57.7 Å². The Bertz CT molecular complexity index is 1260. The van der Waals surface area contributed by atoms with E-state index in [2.05, 4.69) is 38.9 Å². The molecule has 3 heterocycles. The number of carbonyl (C=O) groups excluding carboxylic acids is 2. The van der Waals surface area contributed by atoms with Gasteiger partial charge in [0.15, 0.2) is 0 Å². The van der Waals surface area contributed by atoms with Crippen molar-refractivity contribution in [3.63, 3.8) is 0 Å². The SMILES string of the molecule is COC(=O)Cn1cc(N(C=O)CCOCCOCCO)ccc1=O.c1ccc2c(N3CCCCC3)cncc2c1. The van der Waals surface area contributed by atoms with Crippen molar-refractivity contribution in [1.29, 1.82) is 0 Å². The van der Waals surface area contributed by atoms with Crippen molar-refractivity contribution in [2.75, 3.05) is 69.6 Å². The second-order valence-electron chi connectivity index (χ2n) is 9.10. The van der Waals surface area contributed by atoms with E-state index in [1.807, 2.05) is 12.4 Å². The molecule has 0 bridgehead atoms. The highest BCUT2D eigenvalue weighted by Gasteiger charge is 2.13. The molecule has 0 saturated carbocycles. The summed E-state index contributed by atoms with van der Waals surface area (Å²) in [5, 5.41) is 11.1. The van der Waals surface area contributed by atoms with Gasteiger partial charge in [-0.3, -0.25) is 19.4 Å². The molecule has 1 aliphatic rings.